The highest BCUT2D eigenvalue weighted by molar-refractivity contribution is 4.88. The summed E-state index contributed by atoms with van der Waals surface area (Å²) in [5.74, 6) is 2.00. The number of piperidine rings is 1. The van der Waals surface area contributed by atoms with Gasteiger partial charge in [-0.3, -0.25) is 0 Å². The summed E-state index contributed by atoms with van der Waals surface area (Å²) in [7, 11) is 0. The molecule has 0 aromatic heterocycles. The van der Waals surface area contributed by atoms with Crippen molar-refractivity contribution in [3.05, 3.63) is 0 Å². The molecule has 1 N–H and O–H groups in total. The third-order valence-corrected chi connectivity index (χ3v) is 6.39. The molecule has 1 aliphatic carbocycles. The lowest BCUT2D eigenvalue weighted by Crippen LogP contribution is -2.45. The Morgan fingerprint density at radius 1 is 0.900 bits per heavy atom. The number of rotatable bonds is 3. The minimum Gasteiger partial charge on any atom is -0.314 e. The standard InChI is InChI=1S/C18H34N2/c1-2-15-5-3-6-17(9-8-15)20-13-10-16(11-14-20)18-7-4-12-19-18/h15-19H,2-14H2,1H3. The molecule has 2 nitrogen and oxygen atoms in total. The van der Waals surface area contributed by atoms with Gasteiger partial charge in [-0.15, -0.1) is 0 Å². The summed E-state index contributed by atoms with van der Waals surface area (Å²) >= 11 is 0. The summed E-state index contributed by atoms with van der Waals surface area (Å²) in [6, 6.07) is 1.78. The zero-order valence-corrected chi connectivity index (χ0v) is 13.4. The van der Waals surface area contributed by atoms with Gasteiger partial charge in [-0.25, -0.2) is 0 Å². The Kier molecular flexibility index (Phi) is 5.39. The molecule has 3 unspecified atom stereocenters. The van der Waals surface area contributed by atoms with Gasteiger partial charge in [0.2, 0.25) is 0 Å². The van der Waals surface area contributed by atoms with Crippen molar-refractivity contribution in [2.45, 2.75) is 83.2 Å². The van der Waals surface area contributed by atoms with Crippen LogP contribution in [0.4, 0.5) is 0 Å². The van der Waals surface area contributed by atoms with E-state index < -0.39 is 0 Å². The molecule has 3 rings (SSSR count). The van der Waals surface area contributed by atoms with Crippen molar-refractivity contribution in [2.24, 2.45) is 11.8 Å². The van der Waals surface area contributed by atoms with Crippen LogP contribution in [0.1, 0.15) is 71.1 Å². The number of likely N-dealkylation sites (tertiary alicyclic amines) is 1. The first kappa shape index (κ1) is 14.8. The predicted octanol–water partition coefficient (Wildman–Crippen LogP) is 3.81. The van der Waals surface area contributed by atoms with E-state index in [9.17, 15) is 0 Å². The van der Waals surface area contributed by atoms with E-state index in [-0.39, 0.29) is 0 Å². The monoisotopic (exact) mass is 278 g/mol. The van der Waals surface area contributed by atoms with E-state index in [1.165, 1.54) is 83.8 Å². The highest BCUT2D eigenvalue weighted by Gasteiger charge is 2.31. The fraction of sp³-hybridized carbons (Fsp3) is 1.00. The fourth-order valence-electron chi connectivity index (χ4n) is 4.93. The first-order valence-electron chi connectivity index (χ1n) is 9.34. The second-order valence-corrected chi connectivity index (χ2v) is 7.51. The molecule has 0 spiro atoms. The smallest absolute Gasteiger partial charge is 0.00967 e. The van der Waals surface area contributed by atoms with E-state index in [4.69, 9.17) is 0 Å². The van der Waals surface area contributed by atoms with Crippen LogP contribution >= 0.6 is 0 Å². The van der Waals surface area contributed by atoms with Crippen LogP contribution in [0.25, 0.3) is 0 Å². The zero-order chi connectivity index (χ0) is 13.8. The van der Waals surface area contributed by atoms with Gasteiger partial charge >= 0.3 is 0 Å². The molecule has 0 amide bonds. The first-order valence-corrected chi connectivity index (χ1v) is 9.34. The van der Waals surface area contributed by atoms with E-state index in [1.807, 2.05) is 0 Å². The number of nitrogens with zero attached hydrogens (tertiary/aromatic N) is 1. The summed E-state index contributed by atoms with van der Waals surface area (Å²) in [5, 5.41) is 3.73. The van der Waals surface area contributed by atoms with Crippen LogP contribution in [0.15, 0.2) is 0 Å². The maximum atomic E-state index is 3.73. The van der Waals surface area contributed by atoms with Gasteiger partial charge in [0.05, 0.1) is 0 Å². The molecule has 2 saturated heterocycles. The molecule has 0 aromatic rings. The van der Waals surface area contributed by atoms with Crippen molar-refractivity contribution in [1.29, 1.82) is 0 Å². The Morgan fingerprint density at radius 2 is 1.75 bits per heavy atom. The molecular weight excluding hydrogens is 244 g/mol. The lowest BCUT2D eigenvalue weighted by molar-refractivity contribution is 0.109. The van der Waals surface area contributed by atoms with E-state index in [0.29, 0.717) is 0 Å². The van der Waals surface area contributed by atoms with Crippen molar-refractivity contribution in [2.75, 3.05) is 19.6 Å². The highest BCUT2D eigenvalue weighted by Crippen LogP contribution is 2.32. The SMILES string of the molecule is CCC1CCCC(N2CCC(C3CCCN3)CC2)CC1. The van der Waals surface area contributed by atoms with Gasteiger partial charge in [0.15, 0.2) is 0 Å². The second kappa shape index (κ2) is 7.26. The van der Waals surface area contributed by atoms with E-state index >= 15 is 0 Å². The summed E-state index contributed by atoms with van der Waals surface area (Å²) in [4.78, 5) is 2.85. The van der Waals surface area contributed by atoms with Gasteiger partial charge in [0.1, 0.15) is 0 Å². The van der Waals surface area contributed by atoms with Crippen molar-refractivity contribution in [3.63, 3.8) is 0 Å². The topological polar surface area (TPSA) is 15.3 Å². The normalized spacial score (nSPS) is 38.0. The highest BCUT2D eigenvalue weighted by atomic mass is 15.2. The molecule has 2 heterocycles. The Balaban J connectivity index is 1.45. The van der Waals surface area contributed by atoms with Crippen LogP contribution < -0.4 is 5.32 Å². The summed E-state index contributed by atoms with van der Waals surface area (Å²) in [5.41, 5.74) is 0. The molecule has 116 valence electrons. The van der Waals surface area contributed by atoms with Gasteiger partial charge < -0.3 is 10.2 Å². The number of nitrogens with one attached hydrogen (secondary N) is 1. The molecule has 0 aromatic carbocycles. The van der Waals surface area contributed by atoms with Crippen LogP contribution in [-0.4, -0.2) is 36.6 Å². The molecule has 0 bridgehead atoms. The van der Waals surface area contributed by atoms with Gasteiger partial charge in [0.25, 0.3) is 0 Å². The van der Waals surface area contributed by atoms with Crippen LogP contribution in [-0.2, 0) is 0 Å². The molecular formula is C18H34N2. The van der Waals surface area contributed by atoms with Gasteiger partial charge in [-0.1, -0.05) is 26.2 Å². The van der Waals surface area contributed by atoms with Crippen LogP contribution in [0, 0.1) is 11.8 Å². The average Bonchev–Trinajstić information content (AvgIpc) is 2.92. The van der Waals surface area contributed by atoms with E-state index in [0.717, 1.165) is 23.9 Å². The lowest BCUT2D eigenvalue weighted by Gasteiger charge is -2.39. The minimum atomic E-state index is 0.857. The van der Waals surface area contributed by atoms with Crippen LogP contribution in [0.3, 0.4) is 0 Å². The van der Waals surface area contributed by atoms with Crippen molar-refractivity contribution in [1.82, 2.24) is 10.2 Å². The summed E-state index contributed by atoms with van der Waals surface area (Å²) in [6.07, 6.45) is 14.6. The summed E-state index contributed by atoms with van der Waals surface area (Å²) in [6.45, 7) is 6.41. The second-order valence-electron chi connectivity index (χ2n) is 7.51. The molecule has 3 fully saturated rings. The Bertz CT molecular complexity index is 277. The third kappa shape index (κ3) is 3.57. The van der Waals surface area contributed by atoms with Gasteiger partial charge in [0, 0.05) is 12.1 Å². The number of hydrogen-bond acceptors (Lipinski definition) is 2. The average molecular weight is 278 g/mol. The molecule has 2 aliphatic heterocycles. The van der Waals surface area contributed by atoms with Crippen LogP contribution in [0.2, 0.25) is 0 Å². The Morgan fingerprint density at radius 3 is 2.45 bits per heavy atom. The molecule has 1 saturated carbocycles. The Hall–Kier alpha value is -0.0800. The van der Waals surface area contributed by atoms with Gasteiger partial charge in [-0.05, 0) is 76.4 Å². The minimum absolute atomic E-state index is 0.857. The Labute approximate surface area is 125 Å². The maximum Gasteiger partial charge on any atom is 0.00967 e. The molecule has 0 radical (unpaired) electrons. The third-order valence-electron chi connectivity index (χ3n) is 6.39. The number of hydrogen-bond donors (Lipinski definition) is 1. The van der Waals surface area contributed by atoms with E-state index in [1.54, 1.807) is 0 Å². The summed E-state index contributed by atoms with van der Waals surface area (Å²) < 4.78 is 0. The quantitative estimate of drug-likeness (QED) is 0.790. The molecule has 2 heteroatoms. The molecule has 3 aliphatic rings. The van der Waals surface area contributed by atoms with Crippen LogP contribution in [0.5, 0.6) is 0 Å². The van der Waals surface area contributed by atoms with Crippen molar-refractivity contribution >= 4 is 0 Å². The predicted molar refractivity (Wildman–Crippen MR) is 86.0 cm³/mol. The maximum absolute atomic E-state index is 3.73. The van der Waals surface area contributed by atoms with E-state index in [2.05, 4.69) is 17.1 Å². The van der Waals surface area contributed by atoms with Gasteiger partial charge in [-0.2, -0.15) is 0 Å². The van der Waals surface area contributed by atoms with Crippen molar-refractivity contribution < 1.29 is 0 Å². The molecule has 20 heavy (non-hydrogen) atoms. The van der Waals surface area contributed by atoms with Crippen molar-refractivity contribution in [3.8, 4) is 0 Å². The largest absolute Gasteiger partial charge is 0.314 e. The fourth-order valence-corrected chi connectivity index (χ4v) is 4.93. The molecule has 3 atom stereocenters. The lowest BCUT2D eigenvalue weighted by atomic mass is 9.87. The first-order chi connectivity index (χ1) is 9.86. The zero-order valence-electron chi connectivity index (χ0n) is 13.4.